The maximum atomic E-state index is 12.8. The van der Waals surface area contributed by atoms with Gasteiger partial charge in [-0.3, -0.25) is 9.36 Å². The summed E-state index contributed by atoms with van der Waals surface area (Å²) >= 11 is 5.91. The summed E-state index contributed by atoms with van der Waals surface area (Å²) in [6.07, 6.45) is 0. The molecule has 3 aromatic rings. The molecule has 5 nitrogen and oxygen atoms in total. The molecule has 0 spiro atoms. The molecule has 0 atom stereocenters. The molecule has 0 saturated heterocycles. The van der Waals surface area contributed by atoms with E-state index >= 15 is 0 Å². The number of hydrogen-bond donors (Lipinski definition) is 0. The Labute approximate surface area is 137 Å². The fourth-order valence-corrected chi connectivity index (χ4v) is 2.44. The summed E-state index contributed by atoms with van der Waals surface area (Å²) in [5.41, 5.74) is 0.978. The number of para-hydroxylation sites is 2. The van der Waals surface area contributed by atoms with E-state index in [1.54, 1.807) is 55.5 Å². The predicted molar refractivity (Wildman–Crippen MR) is 88.3 cm³/mol. The molecule has 0 saturated carbocycles. The first-order chi connectivity index (χ1) is 11.1. The Morgan fingerprint density at radius 2 is 1.87 bits per heavy atom. The van der Waals surface area contributed by atoms with E-state index in [2.05, 4.69) is 4.98 Å². The van der Waals surface area contributed by atoms with Gasteiger partial charge in [-0.25, -0.2) is 9.78 Å². The lowest BCUT2D eigenvalue weighted by Gasteiger charge is -2.12. The van der Waals surface area contributed by atoms with E-state index in [4.69, 9.17) is 16.3 Å². The van der Waals surface area contributed by atoms with Gasteiger partial charge < -0.3 is 4.74 Å². The Morgan fingerprint density at radius 3 is 2.57 bits per heavy atom. The largest absolute Gasteiger partial charge is 0.461 e. The summed E-state index contributed by atoms with van der Waals surface area (Å²) in [7, 11) is 0. The summed E-state index contributed by atoms with van der Waals surface area (Å²) in [6, 6.07) is 13.9. The topological polar surface area (TPSA) is 61.2 Å². The number of carbonyl (C=O) groups is 1. The molecule has 2 aromatic carbocycles. The summed E-state index contributed by atoms with van der Waals surface area (Å²) in [5.74, 6) is -0.731. The van der Waals surface area contributed by atoms with Crippen LogP contribution in [0, 0.1) is 0 Å². The van der Waals surface area contributed by atoms with Gasteiger partial charge in [-0.1, -0.05) is 23.7 Å². The lowest BCUT2D eigenvalue weighted by molar-refractivity contribution is 0.0517. The van der Waals surface area contributed by atoms with Gasteiger partial charge in [0.2, 0.25) is 5.69 Å². The number of benzene rings is 2. The lowest BCUT2D eigenvalue weighted by atomic mass is 10.2. The summed E-state index contributed by atoms with van der Waals surface area (Å²) < 4.78 is 6.37. The number of rotatable bonds is 3. The Morgan fingerprint density at radius 1 is 1.17 bits per heavy atom. The number of esters is 1. The molecule has 0 aliphatic heterocycles. The maximum absolute atomic E-state index is 12.8. The van der Waals surface area contributed by atoms with Crippen LogP contribution in [-0.4, -0.2) is 22.1 Å². The zero-order valence-electron chi connectivity index (χ0n) is 12.3. The zero-order chi connectivity index (χ0) is 16.4. The van der Waals surface area contributed by atoms with Crippen molar-refractivity contribution in [1.29, 1.82) is 0 Å². The first-order valence-electron chi connectivity index (χ1n) is 7.06. The zero-order valence-corrected chi connectivity index (χ0v) is 13.1. The van der Waals surface area contributed by atoms with Crippen LogP contribution in [0.15, 0.2) is 53.3 Å². The number of aromatic nitrogens is 2. The van der Waals surface area contributed by atoms with Gasteiger partial charge in [-0.15, -0.1) is 0 Å². The normalized spacial score (nSPS) is 10.7. The number of ether oxygens (including phenoxy) is 1. The molecule has 0 unspecified atom stereocenters. The second-order valence-corrected chi connectivity index (χ2v) is 5.22. The third-order valence-corrected chi connectivity index (χ3v) is 3.57. The van der Waals surface area contributed by atoms with E-state index < -0.39 is 11.5 Å². The van der Waals surface area contributed by atoms with Gasteiger partial charge in [-0.05, 0) is 43.3 Å². The van der Waals surface area contributed by atoms with Gasteiger partial charge in [0.1, 0.15) is 0 Å². The first kappa shape index (κ1) is 15.2. The molecule has 1 heterocycles. The van der Waals surface area contributed by atoms with Gasteiger partial charge in [0.25, 0.3) is 5.56 Å². The lowest BCUT2D eigenvalue weighted by Crippen LogP contribution is -2.28. The highest BCUT2D eigenvalue weighted by atomic mass is 35.5. The van der Waals surface area contributed by atoms with Crippen LogP contribution < -0.4 is 5.56 Å². The van der Waals surface area contributed by atoms with Gasteiger partial charge in [0.05, 0.1) is 17.6 Å². The average molecular weight is 329 g/mol. The molecular formula is C17H13ClN2O3. The number of nitrogens with zero attached hydrogens (tertiary/aromatic N) is 2. The van der Waals surface area contributed by atoms with Crippen molar-refractivity contribution in [3.8, 4) is 5.69 Å². The number of hydrogen-bond acceptors (Lipinski definition) is 4. The SMILES string of the molecule is CCOC(=O)c1nc2ccccc2n(-c2ccc(Cl)cc2)c1=O. The van der Waals surface area contributed by atoms with Crippen molar-refractivity contribution >= 4 is 28.6 Å². The molecule has 0 radical (unpaired) electrons. The number of halogens is 1. The van der Waals surface area contributed by atoms with E-state index in [0.717, 1.165) is 0 Å². The third-order valence-electron chi connectivity index (χ3n) is 3.31. The van der Waals surface area contributed by atoms with E-state index in [1.165, 1.54) is 4.57 Å². The monoisotopic (exact) mass is 328 g/mol. The molecule has 0 fully saturated rings. The molecule has 0 amide bonds. The minimum Gasteiger partial charge on any atom is -0.461 e. The summed E-state index contributed by atoms with van der Waals surface area (Å²) in [4.78, 5) is 28.9. The minimum absolute atomic E-state index is 0.174. The van der Waals surface area contributed by atoms with Crippen molar-refractivity contribution in [2.24, 2.45) is 0 Å². The van der Waals surface area contributed by atoms with E-state index in [0.29, 0.717) is 21.7 Å². The fraction of sp³-hybridized carbons (Fsp3) is 0.118. The Kier molecular flexibility index (Phi) is 4.12. The Bertz CT molecular complexity index is 933. The fourth-order valence-electron chi connectivity index (χ4n) is 2.31. The molecule has 1 aromatic heterocycles. The average Bonchev–Trinajstić information content (AvgIpc) is 2.56. The van der Waals surface area contributed by atoms with Gasteiger partial charge in [-0.2, -0.15) is 0 Å². The highest BCUT2D eigenvalue weighted by Crippen LogP contribution is 2.18. The van der Waals surface area contributed by atoms with Crippen LogP contribution >= 0.6 is 11.6 Å². The number of fused-ring (bicyclic) bond motifs is 1. The van der Waals surface area contributed by atoms with E-state index in [9.17, 15) is 9.59 Å². The number of carbonyl (C=O) groups excluding carboxylic acids is 1. The van der Waals surface area contributed by atoms with Crippen LogP contribution in [0.3, 0.4) is 0 Å². The highest BCUT2D eigenvalue weighted by Gasteiger charge is 2.19. The molecule has 0 aliphatic carbocycles. The third kappa shape index (κ3) is 2.83. The second-order valence-electron chi connectivity index (χ2n) is 4.79. The predicted octanol–water partition coefficient (Wildman–Crippen LogP) is 3.22. The Balaban J connectivity index is 2.34. The minimum atomic E-state index is -0.731. The van der Waals surface area contributed by atoms with Crippen molar-refractivity contribution in [2.45, 2.75) is 6.92 Å². The van der Waals surface area contributed by atoms with Crippen LogP contribution in [0.25, 0.3) is 16.7 Å². The Hall–Kier alpha value is -2.66. The summed E-state index contributed by atoms with van der Waals surface area (Å²) in [5, 5.41) is 0.561. The molecule has 3 rings (SSSR count). The van der Waals surface area contributed by atoms with Crippen molar-refractivity contribution in [2.75, 3.05) is 6.61 Å². The van der Waals surface area contributed by atoms with Crippen LogP contribution in [0.5, 0.6) is 0 Å². The molecule has 23 heavy (non-hydrogen) atoms. The smallest absolute Gasteiger partial charge is 0.362 e. The standard InChI is InChI=1S/C17H13ClN2O3/c1-2-23-17(22)15-16(21)20(12-9-7-11(18)8-10-12)14-6-4-3-5-13(14)19-15/h3-10H,2H2,1H3. The first-order valence-corrected chi connectivity index (χ1v) is 7.44. The van der Waals surface area contributed by atoms with E-state index in [1.807, 2.05) is 0 Å². The molecule has 0 aliphatic rings. The molecule has 6 heteroatoms. The molecule has 0 bridgehead atoms. The van der Waals surface area contributed by atoms with Crippen LogP contribution in [0.2, 0.25) is 5.02 Å². The van der Waals surface area contributed by atoms with Crippen molar-refractivity contribution in [3.63, 3.8) is 0 Å². The second kappa shape index (κ2) is 6.22. The summed E-state index contributed by atoms with van der Waals surface area (Å²) in [6.45, 7) is 1.85. The van der Waals surface area contributed by atoms with E-state index in [-0.39, 0.29) is 12.3 Å². The van der Waals surface area contributed by atoms with Crippen LogP contribution in [0.1, 0.15) is 17.4 Å². The van der Waals surface area contributed by atoms with Gasteiger partial charge in [0.15, 0.2) is 0 Å². The maximum Gasteiger partial charge on any atom is 0.362 e. The molecular weight excluding hydrogens is 316 g/mol. The highest BCUT2D eigenvalue weighted by molar-refractivity contribution is 6.30. The van der Waals surface area contributed by atoms with Crippen LogP contribution in [-0.2, 0) is 4.74 Å². The van der Waals surface area contributed by atoms with Gasteiger partial charge >= 0.3 is 5.97 Å². The van der Waals surface area contributed by atoms with Crippen molar-refractivity contribution in [3.05, 3.63) is 69.6 Å². The van der Waals surface area contributed by atoms with Gasteiger partial charge in [0, 0.05) is 10.7 Å². The van der Waals surface area contributed by atoms with Crippen molar-refractivity contribution in [1.82, 2.24) is 9.55 Å². The molecule has 0 N–H and O–H groups in total. The molecule has 116 valence electrons. The quantitative estimate of drug-likeness (QED) is 0.693. The van der Waals surface area contributed by atoms with Crippen molar-refractivity contribution < 1.29 is 9.53 Å². The van der Waals surface area contributed by atoms with Crippen LogP contribution in [0.4, 0.5) is 0 Å².